The minimum Gasteiger partial charge on any atom is -0.369 e. The first-order valence-electron chi connectivity index (χ1n) is 10.6. The minimum atomic E-state index is -1.09. The molecule has 3 atom stereocenters. The van der Waals surface area contributed by atoms with Crippen LogP contribution >= 0.6 is 20.8 Å². The van der Waals surface area contributed by atoms with Gasteiger partial charge in [0, 0.05) is 36.1 Å². The van der Waals surface area contributed by atoms with Crippen LogP contribution in [-0.2, 0) is 16.8 Å². The van der Waals surface area contributed by atoms with Crippen molar-refractivity contribution < 1.29 is 4.79 Å². The second-order valence-corrected chi connectivity index (χ2v) is 10.4. The first-order chi connectivity index (χ1) is 15.2. The van der Waals surface area contributed by atoms with Gasteiger partial charge >= 0.3 is 0 Å². The topological polar surface area (TPSA) is 95.4 Å². The maximum atomic E-state index is 13.9. The van der Waals surface area contributed by atoms with Gasteiger partial charge in [-0.1, -0.05) is 29.0 Å². The molecule has 1 saturated carbocycles. The van der Waals surface area contributed by atoms with Gasteiger partial charge < -0.3 is 11.1 Å². The molecule has 1 amide bonds. The van der Waals surface area contributed by atoms with Gasteiger partial charge in [-0.15, -0.1) is 9.24 Å². The van der Waals surface area contributed by atoms with E-state index in [1.807, 2.05) is 13.0 Å². The summed E-state index contributed by atoms with van der Waals surface area (Å²) in [7, 11) is 4.42. The monoisotopic (exact) mass is 465 g/mol. The summed E-state index contributed by atoms with van der Waals surface area (Å²) in [5, 5.41) is 10.1. The number of allylic oxidation sites excluding steroid dienone is 2. The van der Waals surface area contributed by atoms with Crippen LogP contribution in [0.4, 0.5) is 0 Å². The summed E-state index contributed by atoms with van der Waals surface area (Å²) >= 11 is 6.18. The number of rotatable bonds is 1. The number of guanidine groups is 1. The standard InChI is InChI=1S/C24H25ClN5OP/c1-13(32)18-10-23(6-5-20(18)26)9-15-4-3-14(16-7-17(25)12-28-11-16)8-19(15)24(23)21(31)30(2)22(27)29-24/h3-4,7-8,11-12,26H,5-6,9-10,32H2,1-2H3,(H2,27,29)/b18-13-,26-20?. The maximum absolute atomic E-state index is 13.9. The Balaban J connectivity index is 1.74. The number of hydrogen-bond acceptors (Lipinski definition) is 5. The number of nitrogens with zero attached hydrogens (tertiary/aromatic N) is 3. The van der Waals surface area contributed by atoms with Crippen molar-refractivity contribution in [3.8, 4) is 11.1 Å². The first kappa shape index (κ1) is 21.3. The van der Waals surface area contributed by atoms with Crippen LogP contribution in [0, 0.1) is 10.8 Å². The Morgan fingerprint density at radius 3 is 2.69 bits per heavy atom. The lowest BCUT2D eigenvalue weighted by atomic mass is 9.60. The SMILES string of the molecule is C/C(P)=C1\CC2(CCC1=N)Cc1ccc(-c3cncc(Cl)c3)cc1C21N=C(N)N(C)C1=O. The third kappa shape index (κ3) is 2.82. The average Bonchev–Trinajstić information content (AvgIpc) is 3.16. The predicted molar refractivity (Wildman–Crippen MR) is 131 cm³/mol. The number of carbonyl (C=O) groups is 1. The van der Waals surface area contributed by atoms with E-state index in [-0.39, 0.29) is 11.9 Å². The van der Waals surface area contributed by atoms with Gasteiger partial charge in [0.25, 0.3) is 5.91 Å². The van der Waals surface area contributed by atoms with Crippen molar-refractivity contribution in [3.63, 3.8) is 0 Å². The zero-order valence-corrected chi connectivity index (χ0v) is 20.0. The zero-order valence-electron chi connectivity index (χ0n) is 18.1. The van der Waals surface area contributed by atoms with E-state index < -0.39 is 11.0 Å². The van der Waals surface area contributed by atoms with Gasteiger partial charge in [-0.25, -0.2) is 4.99 Å². The van der Waals surface area contributed by atoms with Crippen LogP contribution in [0.1, 0.15) is 37.3 Å². The van der Waals surface area contributed by atoms with Gasteiger partial charge in [-0.2, -0.15) is 0 Å². The summed E-state index contributed by atoms with van der Waals surface area (Å²) in [6.07, 6.45) is 6.05. The predicted octanol–water partition coefficient (Wildman–Crippen LogP) is 4.28. The Hall–Kier alpha value is -2.56. The third-order valence-electron chi connectivity index (χ3n) is 7.28. The fourth-order valence-electron chi connectivity index (χ4n) is 5.64. The summed E-state index contributed by atoms with van der Waals surface area (Å²) in [6, 6.07) is 8.07. The molecule has 8 heteroatoms. The highest BCUT2D eigenvalue weighted by atomic mass is 35.5. The molecule has 1 aromatic heterocycles. The van der Waals surface area contributed by atoms with Crippen molar-refractivity contribution in [1.29, 1.82) is 5.41 Å². The molecule has 2 spiro atoms. The number of nitrogens with one attached hydrogen (secondary N) is 1. The highest BCUT2D eigenvalue weighted by molar-refractivity contribution is 7.22. The number of benzene rings is 1. The van der Waals surface area contributed by atoms with Crippen molar-refractivity contribution in [2.45, 2.75) is 38.1 Å². The lowest BCUT2D eigenvalue weighted by Crippen LogP contribution is -2.51. The third-order valence-corrected chi connectivity index (χ3v) is 7.84. The molecule has 3 N–H and O–H groups in total. The van der Waals surface area contributed by atoms with E-state index in [4.69, 9.17) is 27.7 Å². The first-order valence-corrected chi connectivity index (χ1v) is 11.5. The average molecular weight is 466 g/mol. The van der Waals surface area contributed by atoms with Gasteiger partial charge in [0.05, 0.1) is 5.02 Å². The van der Waals surface area contributed by atoms with E-state index in [0.29, 0.717) is 30.0 Å². The molecule has 2 aliphatic carbocycles. The molecule has 5 rings (SSSR count). The molecule has 3 aliphatic rings. The molecule has 0 saturated heterocycles. The summed E-state index contributed by atoms with van der Waals surface area (Å²) in [5.41, 5.74) is 10.2. The normalized spacial score (nSPS) is 28.5. The van der Waals surface area contributed by atoms with E-state index in [9.17, 15) is 4.79 Å². The summed E-state index contributed by atoms with van der Waals surface area (Å²) in [4.78, 5) is 24.4. The highest BCUT2D eigenvalue weighted by Crippen LogP contribution is 2.62. The van der Waals surface area contributed by atoms with Gasteiger partial charge in [-0.05, 0) is 67.0 Å². The number of nitrogens with two attached hydrogens (primary N) is 1. The molecule has 0 bridgehead atoms. The number of hydrogen-bond donors (Lipinski definition) is 2. The van der Waals surface area contributed by atoms with Crippen molar-refractivity contribution in [2.24, 2.45) is 16.1 Å². The van der Waals surface area contributed by atoms with Gasteiger partial charge in [-0.3, -0.25) is 14.7 Å². The van der Waals surface area contributed by atoms with E-state index in [1.165, 1.54) is 4.90 Å². The second kappa shape index (κ2) is 7.23. The van der Waals surface area contributed by atoms with E-state index in [2.05, 4.69) is 32.4 Å². The van der Waals surface area contributed by atoms with Crippen LogP contribution in [0.25, 0.3) is 11.1 Å². The fraction of sp³-hybridized carbons (Fsp3) is 0.333. The lowest BCUT2D eigenvalue weighted by Gasteiger charge is -2.44. The minimum absolute atomic E-state index is 0.0932. The molecule has 2 aromatic rings. The zero-order chi connectivity index (χ0) is 22.8. The lowest BCUT2D eigenvalue weighted by molar-refractivity contribution is -0.135. The quantitative estimate of drug-likeness (QED) is 0.615. The van der Waals surface area contributed by atoms with Crippen molar-refractivity contribution in [3.05, 3.63) is 63.7 Å². The number of fused-ring (bicyclic) bond motifs is 3. The van der Waals surface area contributed by atoms with Crippen molar-refractivity contribution in [1.82, 2.24) is 9.88 Å². The highest BCUT2D eigenvalue weighted by Gasteiger charge is 2.66. The number of likely N-dealkylation sites (N-methyl/N-ethyl adjacent to an activating group) is 1. The second-order valence-electron chi connectivity index (χ2n) is 9.08. The largest absolute Gasteiger partial charge is 0.369 e. The molecule has 1 fully saturated rings. The van der Waals surface area contributed by atoms with Crippen LogP contribution < -0.4 is 5.73 Å². The summed E-state index contributed by atoms with van der Waals surface area (Å²) in [5.74, 6) is 0.148. The molecule has 1 aliphatic heterocycles. The molecule has 32 heavy (non-hydrogen) atoms. The number of aliphatic imine (C=N–C) groups is 1. The van der Waals surface area contributed by atoms with Gasteiger partial charge in [0.2, 0.25) is 0 Å². The van der Waals surface area contributed by atoms with Crippen molar-refractivity contribution >= 4 is 38.4 Å². The van der Waals surface area contributed by atoms with E-state index in [0.717, 1.165) is 39.6 Å². The molecule has 3 unspecified atom stereocenters. The number of halogens is 1. The summed E-state index contributed by atoms with van der Waals surface area (Å²) in [6.45, 7) is 2.01. The Bertz CT molecular complexity index is 1250. The fourth-order valence-corrected chi connectivity index (χ4v) is 6.09. The molecule has 6 nitrogen and oxygen atoms in total. The Morgan fingerprint density at radius 2 is 2.03 bits per heavy atom. The van der Waals surface area contributed by atoms with Crippen LogP contribution in [0.2, 0.25) is 5.02 Å². The van der Waals surface area contributed by atoms with E-state index >= 15 is 0 Å². The molecule has 2 heterocycles. The smallest absolute Gasteiger partial charge is 0.262 e. The van der Waals surface area contributed by atoms with Gasteiger partial charge in [0.1, 0.15) is 0 Å². The molecule has 1 aromatic carbocycles. The van der Waals surface area contributed by atoms with Crippen LogP contribution in [0.3, 0.4) is 0 Å². The number of aromatic nitrogens is 1. The van der Waals surface area contributed by atoms with Crippen LogP contribution in [-0.4, -0.2) is 34.5 Å². The number of amides is 1. The Labute approximate surface area is 194 Å². The number of carbonyl (C=O) groups excluding carboxylic acids is 1. The molecule has 0 radical (unpaired) electrons. The summed E-state index contributed by atoms with van der Waals surface area (Å²) < 4.78 is 0. The maximum Gasteiger partial charge on any atom is 0.262 e. The van der Waals surface area contributed by atoms with Gasteiger partial charge in [0.15, 0.2) is 11.5 Å². The molecular formula is C24H25ClN5OP. The van der Waals surface area contributed by atoms with Crippen molar-refractivity contribution in [2.75, 3.05) is 7.05 Å². The van der Waals surface area contributed by atoms with Crippen LogP contribution in [0.5, 0.6) is 0 Å². The number of pyridine rings is 1. The molecule has 164 valence electrons. The molecular weight excluding hydrogens is 441 g/mol. The van der Waals surface area contributed by atoms with Crippen LogP contribution in [0.15, 0.2) is 52.5 Å². The Morgan fingerprint density at radius 1 is 1.25 bits per heavy atom. The van der Waals surface area contributed by atoms with E-state index in [1.54, 1.807) is 19.4 Å². The Kier molecular flexibility index (Phi) is 4.81.